The van der Waals surface area contributed by atoms with Crippen LogP contribution < -0.4 is 10.6 Å². The molecule has 0 aliphatic rings. The molecule has 0 amide bonds. The van der Waals surface area contributed by atoms with Crippen LogP contribution in [0.3, 0.4) is 0 Å². The fourth-order valence-corrected chi connectivity index (χ4v) is 1.47. The van der Waals surface area contributed by atoms with Crippen LogP contribution in [0.4, 0.5) is 11.6 Å². The van der Waals surface area contributed by atoms with Gasteiger partial charge < -0.3 is 10.6 Å². The Bertz CT molecular complexity index is 343. The standard InChI is InChI=1S/C12H22N4S/c1-6-9-15-10(13-4)7-11(16-9)14-8-12(2,3)17-5/h7H,6,8H2,1-5H3,(H2,13,14,15,16). The van der Waals surface area contributed by atoms with Crippen LogP contribution in [0, 0.1) is 0 Å². The molecule has 0 aliphatic heterocycles. The van der Waals surface area contributed by atoms with Crippen LogP contribution in [-0.2, 0) is 6.42 Å². The van der Waals surface area contributed by atoms with Gasteiger partial charge in [-0.05, 0) is 20.1 Å². The van der Waals surface area contributed by atoms with E-state index in [0.717, 1.165) is 30.4 Å². The molecule has 96 valence electrons. The van der Waals surface area contributed by atoms with E-state index in [1.165, 1.54) is 0 Å². The summed E-state index contributed by atoms with van der Waals surface area (Å²) in [5, 5.41) is 6.43. The Hall–Kier alpha value is -0.970. The second-order valence-electron chi connectivity index (χ2n) is 4.48. The van der Waals surface area contributed by atoms with Gasteiger partial charge in [-0.15, -0.1) is 0 Å². The van der Waals surface area contributed by atoms with Gasteiger partial charge in [0, 0.05) is 30.8 Å². The van der Waals surface area contributed by atoms with Gasteiger partial charge in [0.25, 0.3) is 0 Å². The third kappa shape index (κ3) is 4.42. The number of nitrogens with zero attached hydrogens (tertiary/aromatic N) is 2. The molecule has 0 radical (unpaired) electrons. The van der Waals surface area contributed by atoms with Crippen LogP contribution in [0.15, 0.2) is 6.07 Å². The smallest absolute Gasteiger partial charge is 0.132 e. The molecule has 1 aromatic heterocycles. The Morgan fingerprint density at radius 2 is 1.94 bits per heavy atom. The Morgan fingerprint density at radius 1 is 1.29 bits per heavy atom. The molecule has 1 aromatic rings. The lowest BCUT2D eigenvalue weighted by atomic mass is 10.2. The van der Waals surface area contributed by atoms with Crippen LogP contribution in [0.2, 0.25) is 0 Å². The zero-order chi connectivity index (χ0) is 12.9. The maximum Gasteiger partial charge on any atom is 0.132 e. The quantitative estimate of drug-likeness (QED) is 0.817. The van der Waals surface area contributed by atoms with Gasteiger partial charge in [-0.25, -0.2) is 9.97 Å². The predicted octanol–water partition coefficient (Wildman–Crippen LogP) is 2.63. The summed E-state index contributed by atoms with van der Waals surface area (Å²) in [5.41, 5.74) is 0. The summed E-state index contributed by atoms with van der Waals surface area (Å²) in [4.78, 5) is 8.83. The number of hydrogen-bond acceptors (Lipinski definition) is 5. The summed E-state index contributed by atoms with van der Waals surface area (Å²) in [5.74, 6) is 2.62. The fourth-order valence-electron chi connectivity index (χ4n) is 1.25. The van der Waals surface area contributed by atoms with E-state index in [1.807, 2.05) is 24.9 Å². The molecule has 1 heterocycles. The van der Waals surface area contributed by atoms with Crippen LogP contribution in [-0.4, -0.2) is 34.6 Å². The van der Waals surface area contributed by atoms with Crippen molar-refractivity contribution < 1.29 is 0 Å². The van der Waals surface area contributed by atoms with Gasteiger partial charge in [0.05, 0.1) is 0 Å². The number of nitrogens with one attached hydrogen (secondary N) is 2. The molecular weight excluding hydrogens is 232 g/mol. The maximum atomic E-state index is 4.47. The molecule has 2 N–H and O–H groups in total. The van der Waals surface area contributed by atoms with E-state index >= 15 is 0 Å². The molecule has 0 saturated carbocycles. The number of aryl methyl sites for hydroxylation is 1. The number of hydrogen-bond donors (Lipinski definition) is 2. The summed E-state index contributed by atoms with van der Waals surface area (Å²) in [6.45, 7) is 7.37. The molecule has 1 rings (SSSR count). The van der Waals surface area contributed by atoms with Crippen molar-refractivity contribution in [3.05, 3.63) is 11.9 Å². The molecule has 0 spiro atoms. The lowest BCUT2D eigenvalue weighted by Crippen LogP contribution is -2.26. The zero-order valence-electron chi connectivity index (χ0n) is 11.3. The Morgan fingerprint density at radius 3 is 2.47 bits per heavy atom. The van der Waals surface area contributed by atoms with E-state index in [2.05, 4.69) is 47.6 Å². The molecule has 4 nitrogen and oxygen atoms in total. The highest BCUT2D eigenvalue weighted by molar-refractivity contribution is 7.99. The molecule has 0 unspecified atom stereocenters. The second kappa shape index (κ2) is 6.10. The van der Waals surface area contributed by atoms with Gasteiger partial charge in [-0.2, -0.15) is 11.8 Å². The van der Waals surface area contributed by atoms with Gasteiger partial charge in [0.1, 0.15) is 17.5 Å². The molecule has 0 aliphatic carbocycles. The number of anilines is 2. The monoisotopic (exact) mass is 254 g/mol. The normalized spacial score (nSPS) is 11.4. The predicted molar refractivity (Wildman–Crippen MR) is 77.0 cm³/mol. The fraction of sp³-hybridized carbons (Fsp3) is 0.667. The molecule has 0 saturated heterocycles. The maximum absolute atomic E-state index is 4.47. The summed E-state index contributed by atoms with van der Waals surface area (Å²) in [6.07, 6.45) is 2.97. The summed E-state index contributed by atoms with van der Waals surface area (Å²) in [7, 11) is 1.87. The minimum atomic E-state index is 0.205. The van der Waals surface area contributed by atoms with Crippen molar-refractivity contribution in [2.24, 2.45) is 0 Å². The van der Waals surface area contributed by atoms with Gasteiger partial charge in [-0.3, -0.25) is 0 Å². The van der Waals surface area contributed by atoms with Crippen molar-refractivity contribution in [3.63, 3.8) is 0 Å². The van der Waals surface area contributed by atoms with Crippen molar-refractivity contribution in [3.8, 4) is 0 Å². The summed E-state index contributed by atoms with van der Waals surface area (Å²) >= 11 is 1.84. The van der Waals surface area contributed by atoms with E-state index in [1.54, 1.807) is 0 Å². The first-order valence-electron chi connectivity index (χ1n) is 5.85. The number of aromatic nitrogens is 2. The third-order valence-electron chi connectivity index (χ3n) is 2.59. The largest absolute Gasteiger partial charge is 0.373 e. The number of thioether (sulfide) groups is 1. The molecule has 5 heteroatoms. The molecular formula is C12H22N4S. The van der Waals surface area contributed by atoms with Crippen molar-refractivity contribution in [1.82, 2.24) is 9.97 Å². The average molecular weight is 254 g/mol. The van der Waals surface area contributed by atoms with Gasteiger partial charge >= 0.3 is 0 Å². The minimum absolute atomic E-state index is 0.205. The average Bonchev–Trinajstić information content (AvgIpc) is 2.36. The number of rotatable bonds is 6. The molecule has 0 fully saturated rings. The SMILES string of the molecule is CCc1nc(NC)cc(NCC(C)(C)SC)n1. The Labute approximate surface area is 108 Å². The zero-order valence-corrected chi connectivity index (χ0v) is 12.1. The highest BCUT2D eigenvalue weighted by Gasteiger charge is 2.15. The summed E-state index contributed by atoms with van der Waals surface area (Å²) < 4.78 is 0.205. The van der Waals surface area contributed by atoms with E-state index in [9.17, 15) is 0 Å². The van der Waals surface area contributed by atoms with Gasteiger partial charge in [-0.1, -0.05) is 6.92 Å². The van der Waals surface area contributed by atoms with Crippen LogP contribution in [0.1, 0.15) is 26.6 Å². The van der Waals surface area contributed by atoms with E-state index < -0.39 is 0 Å². The molecule has 17 heavy (non-hydrogen) atoms. The molecule has 0 aromatic carbocycles. The van der Waals surface area contributed by atoms with Crippen LogP contribution >= 0.6 is 11.8 Å². The second-order valence-corrected chi connectivity index (χ2v) is 5.99. The highest BCUT2D eigenvalue weighted by atomic mass is 32.2. The third-order valence-corrected chi connectivity index (χ3v) is 3.84. The molecule has 0 bridgehead atoms. The first-order chi connectivity index (χ1) is 8.00. The van der Waals surface area contributed by atoms with Crippen molar-refractivity contribution in [2.45, 2.75) is 31.9 Å². The first kappa shape index (κ1) is 14.1. The Kier molecular flexibility index (Phi) is 5.05. The highest BCUT2D eigenvalue weighted by Crippen LogP contribution is 2.21. The minimum Gasteiger partial charge on any atom is -0.373 e. The Balaban J connectivity index is 2.76. The van der Waals surface area contributed by atoms with E-state index in [-0.39, 0.29) is 4.75 Å². The molecule has 0 atom stereocenters. The summed E-state index contributed by atoms with van der Waals surface area (Å²) in [6, 6.07) is 1.94. The lowest BCUT2D eigenvalue weighted by molar-refractivity contribution is 0.748. The first-order valence-corrected chi connectivity index (χ1v) is 7.08. The van der Waals surface area contributed by atoms with Gasteiger partial charge in [0.2, 0.25) is 0 Å². The van der Waals surface area contributed by atoms with Crippen molar-refractivity contribution in [1.29, 1.82) is 0 Å². The van der Waals surface area contributed by atoms with Crippen molar-refractivity contribution >= 4 is 23.4 Å². The topological polar surface area (TPSA) is 49.8 Å². The van der Waals surface area contributed by atoms with Crippen LogP contribution in [0.5, 0.6) is 0 Å². The van der Waals surface area contributed by atoms with Crippen LogP contribution in [0.25, 0.3) is 0 Å². The van der Waals surface area contributed by atoms with Crippen molar-refractivity contribution in [2.75, 3.05) is 30.5 Å². The van der Waals surface area contributed by atoms with E-state index in [0.29, 0.717) is 0 Å². The van der Waals surface area contributed by atoms with Gasteiger partial charge in [0.15, 0.2) is 0 Å². The van der Waals surface area contributed by atoms with E-state index in [4.69, 9.17) is 0 Å². The lowest BCUT2D eigenvalue weighted by Gasteiger charge is -2.22.